The van der Waals surface area contributed by atoms with Gasteiger partial charge in [-0.3, -0.25) is 5.32 Å². The molecule has 0 atom stereocenters. The molecule has 0 saturated carbocycles. The molecule has 2 rings (SSSR count). The quantitative estimate of drug-likeness (QED) is 0.819. The highest BCUT2D eigenvalue weighted by Gasteiger charge is 2.17. The second kappa shape index (κ2) is 7.25. The lowest BCUT2D eigenvalue weighted by Crippen LogP contribution is -2.27. The second-order valence-electron chi connectivity index (χ2n) is 6.50. The lowest BCUT2D eigenvalue weighted by molar-refractivity contribution is 0.0635. The summed E-state index contributed by atoms with van der Waals surface area (Å²) in [6.45, 7) is 5.35. The van der Waals surface area contributed by atoms with Crippen LogP contribution < -0.4 is 10.1 Å². The SMILES string of the molecule is COc1ccc(Cc2ccc(O)c(NC(=O)OC(C)(C)C)c2)cc1. The van der Waals surface area contributed by atoms with Crippen molar-refractivity contribution in [1.29, 1.82) is 0 Å². The number of aromatic hydroxyl groups is 1. The van der Waals surface area contributed by atoms with Gasteiger partial charge in [-0.1, -0.05) is 18.2 Å². The van der Waals surface area contributed by atoms with Gasteiger partial charge in [0.1, 0.15) is 17.1 Å². The van der Waals surface area contributed by atoms with E-state index >= 15 is 0 Å². The summed E-state index contributed by atoms with van der Waals surface area (Å²) in [6, 6.07) is 12.9. The van der Waals surface area contributed by atoms with Gasteiger partial charge >= 0.3 is 6.09 Å². The number of hydrogen-bond donors (Lipinski definition) is 2. The number of rotatable bonds is 4. The van der Waals surface area contributed by atoms with Gasteiger partial charge in [0, 0.05) is 0 Å². The van der Waals surface area contributed by atoms with Gasteiger partial charge in [0.2, 0.25) is 0 Å². The summed E-state index contributed by atoms with van der Waals surface area (Å²) >= 11 is 0. The summed E-state index contributed by atoms with van der Waals surface area (Å²) in [6.07, 6.45) is 0.0761. The zero-order valence-electron chi connectivity index (χ0n) is 14.4. The van der Waals surface area contributed by atoms with Crippen molar-refractivity contribution in [2.75, 3.05) is 12.4 Å². The Balaban J connectivity index is 2.11. The van der Waals surface area contributed by atoms with Crippen molar-refractivity contribution in [2.24, 2.45) is 0 Å². The van der Waals surface area contributed by atoms with E-state index in [1.807, 2.05) is 30.3 Å². The van der Waals surface area contributed by atoms with Crippen molar-refractivity contribution in [3.05, 3.63) is 53.6 Å². The van der Waals surface area contributed by atoms with Crippen molar-refractivity contribution >= 4 is 11.8 Å². The number of amides is 1. The number of phenolic OH excluding ortho intramolecular Hbond substituents is 1. The summed E-state index contributed by atoms with van der Waals surface area (Å²) in [4.78, 5) is 11.9. The Morgan fingerprint density at radius 3 is 2.29 bits per heavy atom. The Kier molecular flexibility index (Phi) is 5.34. The molecule has 0 saturated heterocycles. The van der Waals surface area contributed by atoms with E-state index in [1.54, 1.807) is 40.0 Å². The molecule has 0 unspecified atom stereocenters. The minimum absolute atomic E-state index is 0.000611. The van der Waals surface area contributed by atoms with Crippen LogP contribution >= 0.6 is 0 Å². The molecule has 5 nitrogen and oxygen atoms in total. The molecule has 0 bridgehead atoms. The Morgan fingerprint density at radius 1 is 1.08 bits per heavy atom. The molecule has 2 aromatic rings. The molecule has 0 fully saturated rings. The fraction of sp³-hybridized carbons (Fsp3) is 0.316. The van der Waals surface area contributed by atoms with Gasteiger partial charge in [-0.15, -0.1) is 0 Å². The maximum atomic E-state index is 11.9. The molecular formula is C19H23NO4. The second-order valence-corrected chi connectivity index (χ2v) is 6.50. The molecular weight excluding hydrogens is 306 g/mol. The van der Waals surface area contributed by atoms with Gasteiger partial charge in [0.15, 0.2) is 0 Å². The average Bonchev–Trinajstić information content (AvgIpc) is 2.49. The van der Waals surface area contributed by atoms with E-state index in [0.29, 0.717) is 12.1 Å². The monoisotopic (exact) mass is 329 g/mol. The zero-order chi connectivity index (χ0) is 17.7. The molecule has 1 amide bonds. The van der Waals surface area contributed by atoms with Gasteiger partial charge in [-0.2, -0.15) is 0 Å². The van der Waals surface area contributed by atoms with Gasteiger partial charge in [0.05, 0.1) is 12.8 Å². The molecule has 2 N–H and O–H groups in total. The number of hydrogen-bond acceptors (Lipinski definition) is 4. The van der Waals surface area contributed by atoms with Crippen LogP contribution in [0.15, 0.2) is 42.5 Å². The maximum Gasteiger partial charge on any atom is 0.412 e. The number of phenols is 1. The largest absolute Gasteiger partial charge is 0.506 e. The zero-order valence-corrected chi connectivity index (χ0v) is 14.4. The van der Waals surface area contributed by atoms with Gasteiger partial charge in [-0.25, -0.2) is 4.79 Å². The van der Waals surface area contributed by atoms with Crippen molar-refractivity contribution in [3.63, 3.8) is 0 Å². The Bertz CT molecular complexity index is 702. The molecule has 0 aliphatic carbocycles. The van der Waals surface area contributed by atoms with Crippen LogP contribution in [0.2, 0.25) is 0 Å². The van der Waals surface area contributed by atoms with E-state index in [4.69, 9.17) is 9.47 Å². The lowest BCUT2D eigenvalue weighted by Gasteiger charge is -2.20. The number of nitrogens with one attached hydrogen (secondary N) is 1. The minimum Gasteiger partial charge on any atom is -0.506 e. The highest BCUT2D eigenvalue weighted by Crippen LogP contribution is 2.26. The average molecular weight is 329 g/mol. The summed E-state index contributed by atoms with van der Waals surface area (Å²) in [5.74, 6) is 0.802. The first-order valence-corrected chi connectivity index (χ1v) is 7.71. The van der Waals surface area contributed by atoms with E-state index in [9.17, 15) is 9.90 Å². The number of carbonyl (C=O) groups excluding carboxylic acids is 1. The summed E-state index contributed by atoms with van der Waals surface area (Å²) in [5.41, 5.74) is 1.80. The minimum atomic E-state index is -0.598. The third kappa shape index (κ3) is 5.19. The number of carbonyl (C=O) groups is 1. The third-order valence-corrected chi connectivity index (χ3v) is 3.26. The van der Waals surface area contributed by atoms with Gasteiger partial charge in [0.25, 0.3) is 0 Å². The topological polar surface area (TPSA) is 67.8 Å². The molecule has 24 heavy (non-hydrogen) atoms. The Morgan fingerprint density at radius 2 is 1.71 bits per heavy atom. The fourth-order valence-electron chi connectivity index (χ4n) is 2.19. The number of anilines is 1. The smallest absolute Gasteiger partial charge is 0.412 e. The first-order valence-electron chi connectivity index (χ1n) is 7.71. The molecule has 5 heteroatoms. The normalized spacial score (nSPS) is 11.0. The van der Waals surface area contributed by atoms with Crippen molar-refractivity contribution in [1.82, 2.24) is 0 Å². The molecule has 0 heterocycles. The maximum absolute atomic E-state index is 11.9. The first-order chi connectivity index (χ1) is 11.3. The highest BCUT2D eigenvalue weighted by molar-refractivity contribution is 5.87. The van der Waals surface area contributed by atoms with E-state index in [-0.39, 0.29) is 5.75 Å². The van der Waals surface area contributed by atoms with Crippen LogP contribution in [0, 0.1) is 0 Å². The molecule has 0 aromatic heterocycles. The van der Waals surface area contributed by atoms with E-state index in [1.165, 1.54) is 0 Å². The van der Waals surface area contributed by atoms with Crippen molar-refractivity contribution in [3.8, 4) is 11.5 Å². The Hall–Kier alpha value is -2.69. The summed E-state index contributed by atoms with van der Waals surface area (Å²) in [7, 11) is 1.63. The van der Waals surface area contributed by atoms with Crippen molar-refractivity contribution in [2.45, 2.75) is 32.8 Å². The predicted molar refractivity (Wildman–Crippen MR) is 93.8 cm³/mol. The number of benzene rings is 2. The number of ether oxygens (including phenoxy) is 2. The number of methoxy groups -OCH3 is 1. The fourth-order valence-corrected chi connectivity index (χ4v) is 2.19. The summed E-state index contributed by atoms with van der Waals surface area (Å²) in [5, 5.41) is 12.5. The van der Waals surface area contributed by atoms with E-state index in [0.717, 1.165) is 16.9 Å². The van der Waals surface area contributed by atoms with Crippen molar-refractivity contribution < 1.29 is 19.4 Å². The molecule has 128 valence electrons. The molecule has 0 aliphatic heterocycles. The standard InChI is InChI=1S/C19H23NO4/c1-19(2,3)24-18(22)20-16-12-14(7-10-17(16)21)11-13-5-8-15(23-4)9-6-13/h5-10,12,21H,11H2,1-4H3,(H,20,22). The van der Waals surface area contributed by atoms with Gasteiger partial charge in [-0.05, 0) is 62.6 Å². The van der Waals surface area contributed by atoms with E-state index in [2.05, 4.69) is 5.32 Å². The molecule has 0 aliphatic rings. The highest BCUT2D eigenvalue weighted by atomic mass is 16.6. The van der Waals surface area contributed by atoms with Crippen LogP contribution in [0.3, 0.4) is 0 Å². The predicted octanol–water partition coefficient (Wildman–Crippen LogP) is 4.34. The lowest BCUT2D eigenvalue weighted by atomic mass is 10.0. The molecule has 2 aromatic carbocycles. The van der Waals surface area contributed by atoms with Crippen LogP contribution in [0.1, 0.15) is 31.9 Å². The van der Waals surface area contributed by atoms with Crippen LogP contribution in [-0.4, -0.2) is 23.9 Å². The van der Waals surface area contributed by atoms with Gasteiger partial charge < -0.3 is 14.6 Å². The van der Waals surface area contributed by atoms with Crippen LogP contribution in [0.25, 0.3) is 0 Å². The van der Waals surface area contributed by atoms with Crippen LogP contribution in [0.4, 0.5) is 10.5 Å². The molecule has 0 radical (unpaired) electrons. The Labute approximate surface area is 142 Å². The first kappa shape index (κ1) is 17.7. The summed E-state index contributed by atoms with van der Waals surface area (Å²) < 4.78 is 10.3. The van der Waals surface area contributed by atoms with Crippen LogP contribution in [0.5, 0.6) is 11.5 Å². The van der Waals surface area contributed by atoms with Crippen LogP contribution in [-0.2, 0) is 11.2 Å². The molecule has 0 spiro atoms. The third-order valence-electron chi connectivity index (χ3n) is 3.26. The van der Waals surface area contributed by atoms with E-state index < -0.39 is 11.7 Å².